The predicted molar refractivity (Wildman–Crippen MR) is 44.0 cm³/mol. The van der Waals surface area contributed by atoms with Crippen LogP contribution in [0.3, 0.4) is 0 Å². The van der Waals surface area contributed by atoms with Gasteiger partial charge in [0, 0.05) is 30.2 Å². The summed E-state index contributed by atoms with van der Waals surface area (Å²) in [5, 5.41) is 3.04. The van der Waals surface area contributed by atoms with Crippen LogP contribution in [0, 0.1) is 0 Å². The second-order valence-corrected chi connectivity index (χ2v) is 2.64. The van der Waals surface area contributed by atoms with Crippen LogP contribution in [0.4, 0.5) is 0 Å². The van der Waals surface area contributed by atoms with E-state index < -0.39 is 0 Å². The molecule has 0 spiro atoms. The summed E-state index contributed by atoms with van der Waals surface area (Å²) in [5.74, 6) is 0.921. The maximum atomic E-state index is 4.23. The first-order valence-corrected chi connectivity index (χ1v) is 3.71. The summed E-state index contributed by atoms with van der Waals surface area (Å²) in [6.45, 7) is 0. The van der Waals surface area contributed by atoms with Gasteiger partial charge in [0.2, 0.25) is 0 Å². The quantitative estimate of drug-likeness (QED) is 0.533. The average Bonchev–Trinajstić information content (AvgIpc) is 2.71. The van der Waals surface area contributed by atoms with Crippen molar-refractivity contribution in [2.45, 2.75) is 0 Å². The molecule has 0 aromatic carbocycles. The lowest BCUT2D eigenvalue weighted by Gasteiger charge is -1.99. The van der Waals surface area contributed by atoms with Crippen molar-refractivity contribution in [1.82, 2.24) is 19.6 Å². The predicted octanol–water partition coefficient (Wildman–Crippen LogP) is 1.16. The fraction of sp³-hybridized carbons (Fsp3) is 0. The summed E-state index contributed by atoms with van der Waals surface area (Å²) < 4.78 is 1.86. The number of aromatic amines is 1. The highest BCUT2D eigenvalue weighted by atomic mass is 15.3. The standard InChI is InChI=1S/C8H6N4/c1-3-9-8-6(1)5-10-7-2-4-11-12(7)8/h1-5,11H. The van der Waals surface area contributed by atoms with E-state index in [1.54, 1.807) is 6.20 Å². The highest BCUT2D eigenvalue weighted by Gasteiger charge is 2.07. The fourth-order valence-corrected chi connectivity index (χ4v) is 1.36. The van der Waals surface area contributed by atoms with Gasteiger partial charge < -0.3 is 0 Å². The second-order valence-electron chi connectivity index (χ2n) is 2.64. The molecule has 0 amide bonds. The van der Waals surface area contributed by atoms with Gasteiger partial charge in [-0.2, -0.15) is 0 Å². The molecule has 0 aliphatic carbocycles. The lowest BCUT2D eigenvalue weighted by Crippen LogP contribution is -1.95. The SMILES string of the molecule is c1cc2cnc3cc[nH]n3c-2n1. The van der Waals surface area contributed by atoms with E-state index in [1.807, 2.05) is 29.0 Å². The van der Waals surface area contributed by atoms with Crippen LogP contribution in [0.2, 0.25) is 0 Å². The molecule has 0 radical (unpaired) electrons. The summed E-state index contributed by atoms with van der Waals surface area (Å²) in [5.41, 5.74) is 1.94. The summed E-state index contributed by atoms with van der Waals surface area (Å²) in [6.07, 6.45) is 5.45. The summed E-state index contributed by atoms with van der Waals surface area (Å²) >= 11 is 0. The van der Waals surface area contributed by atoms with Crippen molar-refractivity contribution in [3.63, 3.8) is 0 Å². The number of hydrogen-bond acceptors (Lipinski definition) is 2. The molecule has 3 heterocycles. The van der Waals surface area contributed by atoms with Gasteiger partial charge in [-0.05, 0) is 6.07 Å². The van der Waals surface area contributed by atoms with Crippen LogP contribution in [-0.2, 0) is 0 Å². The van der Waals surface area contributed by atoms with E-state index >= 15 is 0 Å². The van der Waals surface area contributed by atoms with Crippen molar-refractivity contribution in [1.29, 1.82) is 0 Å². The lowest BCUT2D eigenvalue weighted by atomic mass is 10.3. The first-order valence-electron chi connectivity index (χ1n) is 3.71. The maximum absolute atomic E-state index is 4.23. The molecule has 0 atom stereocenters. The third kappa shape index (κ3) is 0.567. The zero-order valence-corrected chi connectivity index (χ0v) is 6.23. The molecule has 1 aromatic rings. The first-order chi connectivity index (χ1) is 5.95. The van der Waals surface area contributed by atoms with E-state index in [1.165, 1.54) is 0 Å². The molecule has 4 heteroatoms. The van der Waals surface area contributed by atoms with Gasteiger partial charge in [0.25, 0.3) is 0 Å². The van der Waals surface area contributed by atoms with Crippen molar-refractivity contribution in [2.24, 2.45) is 0 Å². The summed E-state index contributed by atoms with van der Waals surface area (Å²) in [6, 6.07) is 3.85. The van der Waals surface area contributed by atoms with Crippen molar-refractivity contribution < 1.29 is 0 Å². The molecule has 0 saturated heterocycles. The molecule has 2 aliphatic rings. The topological polar surface area (TPSA) is 46.0 Å². The zero-order valence-electron chi connectivity index (χ0n) is 6.23. The Morgan fingerprint density at radius 3 is 3.25 bits per heavy atom. The number of rotatable bonds is 0. The van der Waals surface area contributed by atoms with E-state index in [0.29, 0.717) is 0 Å². The average molecular weight is 158 g/mol. The third-order valence-corrected chi connectivity index (χ3v) is 1.92. The van der Waals surface area contributed by atoms with Crippen LogP contribution in [-0.4, -0.2) is 19.6 Å². The van der Waals surface area contributed by atoms with Crippen LogP contribution in [0.15, 0.2) is 30.7 Å². The Morgan fingerprint density at radius 1 is 1.25 bits per heavy atom. The van der Waals surface area contributed by atoms with Crippen LogP contribution in [0.5, 0.6) is 0 Å². The van der Waals surface area contributed by atoms with E-state index in [4.69, 9.17) is 0 Å². The fourth-order valence-electron chi connectivity index (χ4n) is 1.36. The van der Waals surface area contributed by atoms with Crippen LogP contribution in [0.1, 0.15) is 0 Å². The Hall–Kier alpha value is -1.84. The van der Waals surface area contributed by atoms with Crippen LogP contribution >= 0.6 is 0 Å². The van der Waals surface area contributed by atoms with Gasteiger partial charge in [-0.1, -0.05) is 0 Å². The maximum Gasteiger partial charge on any atom is 0.162 e. The Morgan fingerprint density at radius 2 is 2.25 bits per heavy atom. The van der Waals surface area contributed by atoms with Gasteiger partial charge in [-0.15, -0.1) is 0 Å². The number of nitrogens with zero attached hydrogens (tertiary/aromatic N) is 3. The number of aromatic nitrogens is 4. The van der Waals surface area contributed by atoms with Gasteiger partial charge in [-0.25, -0.2) is 14.5 Å². The van der Waals surface area contributed by atoms with Gasteiger partial charge in [0.05, 0.1) is 0 Å². The highest BCUT2D eigenvalue weighted by molar-refractivity contribution is 5.60. The van der Waals surface area contributed by atoms with E-state index in [2.05, 4.69) is 15.1 Å². The molecular formula is C8H6N4. The molecule has 0 saturated carbocycles. The Balaban J connectivity index is 2.61. The smallest absolute Gasteiger partial charge is 0.162 e. The Kier molecular flexibility index (Phi) is 0.889. The highest BCUT2D eigenvalue weighted by Crippen LogP contribution is 2.18. The molecule has 2 aliphatic heterocycles. The number of H-pyrrole nitrogens is 1. The number of hydrogen-bond donors (Lipinski definition) is 1. The van der Waals surface area contributed by atoms with Crippen molar-refractivity contribution in [3.05, 3.63) is 30.7 Å². The molecule has 0 unspecified atom stereocenters. The van der Waals surface area contributed by atoms with Crippen molar-refractivity contribution >= 4 is 5.65 Å². The lowest BCUT2D eigenvalue weighted by molar-refractivity contribution is 0.925. The molecule has 0 fully saturated rings. The van der Waals surface area contributed by atoms with E-state index in [0.717, 1.165) is 17.0 Å². The van der Waals surface area contributed by atoms with Crippen molar-refractivity contribution in [3.8, 4) is 11.4 Å². The van der Waals surface area contributed by atoms with Gasteiger partial charge in [0.1, 0.15) is 0 Å². The summed E-state index contributed by atoms with van der Waals surface area (Å²) in [7, 11) is 0. The molecule has 58 valence electrons. The molecular weight excluding hydrogens is 152 g/mol. The number of fused-ring (bicyclic) bond motifs is 3. The molecule has 1 N–H and O–H groups in total. The van der Waals surface area contributed by atoms with E-state index in [-0.39, 0.29) is 0 Å². The second kappa shape index (κ2) is 1.85. The monoisotopic (exact) mass is 158 g/mol. The summed E-state index contributed by atoms with van der Waals surface area (Å²) in [4.78, 5) is 8.44. The molecule has 3 rings (SSSR count). The minimum atomic E-state index is 0.890. The third-order valence-electron chi connectivity index (χ3n) is 1.92. The Labute approximate surface area is 68.2 Å². The minimum absolute atomic E-state index is 0.890. The van der Waals surface area contributed by atoms with Crippen molar-refractivity contribution in [2.75, 3.05) is 0 Å². The molecule has 0 bridgehead atoms. The Bertz CT molecular complexity index is 493. The van der Waals surface area contributed by atoms with Gasteiger partial charge in [0.15, 0.2) is 11.5 Å². The number of nitrogens with one attached hydrogen (secondary N) is 1. The minimum Gasteiger partial charge on any atom is -0.298 e. The zero-order chi connectivity index (χ0) is 7.97. The molecule has 12 heavy (non-hydrogen) atoms. The van der Waals surface area contributed by atoms with Gasteiger partial charge >= 0.3 is 0 Å². The molecule has 4 nitrogen and oxygen atoms in total. The largest absolute Gasteiger partial charge is 0.298 e. The van der Waals surface area contributed by atoms with Crippen LogP contribution < -0.4 is 0 Å². The molecule has 1 aromatic heterocycles. The van der Waals surface area contributed by atoms with E-state index in [9.17, 15) is 0 Å². The van der Waals surface area contributed by atoms with Crippen LogP contribution in [0.25, 0.3) is 17.0 Å². The first kappa shape index (κ1) is 5.77. The van der Waals surface area contributed by atoms with Gasteiger partial charge in [-0.3, -0.25) is 5.10 Å². The normalized spacial score (nSPS) is 11.3.